The first-order valence-corrected chi connectivity index (χ1v) is 7.10. The molecule has 1 heterocycles. The summed E-state index contributed by atoms with van der Waals surface area (Å²) in [4.78, 5) is 26.8. The van der Waals surface area contributed by atoms with E-state index < -0.39 is 11.9 Å². The Bertz CT molecular complexity index is 370. The normalized spacial score (nSPS) is 23.2. The number of carboxylic acid groups (broad SMARTS) is 1. The molecule has 1 N–H and O–H groups in total. The fraction of sp³-hybridized carbons (Fsp3) is 0.857. The minimum Gasteiger partial charge on any atom is -0.481 e. The number of aliphatic carboxylic acids is 1. The molecule has 0 aliphatic carbocycles. The van der Waals surface area contributed by atoms with Gasteiger partial charge in [0.2, 0.25) is 0 Å². The Morgan fingerprint density at radius 3 is 2.55 bits per heavy atom. The van der Waals surface area contributed by atoms with Gasteiger partial charge in [-0.2, -0.15) is 0 Å². The highest BCUT2D eigenvalue weighted by molar-refractivity contribution is 5.76. The highest BCUT2D eigenvalue weighted by atomic mass is 16.5. The average Bonchev–Trinajstić information content (AvgIpc) is 2.32. The number of hydrogen-bond donors (Lipinski definition) is 1. The van der Waals surface area contributed by atoms with Crippen LogP contribution in [0.25, 0.3) is 0 Å². The minimum absolute atomic E-state index is 0.0155. The van der Waals surface area contributed by atoms with E-state index in [4.69, 9.17) is 9.84 Å². The molecule has 2 amide bonds. The van der Waals surface area contributed by atoms with Gasteiger partial charge in [-0.1, -0.05) is 6.92 Å². The van der Waals surface area contributed by atoms with Crippen LogP contribution in [0.5, 0.6) is 0 Å². The Hall–Kier alpha value is -1.30. The van der Waals surface area contributed by atoms with Crippen LogP contribution in [0, 0.1) is 5.92 Å². The van der Waals surface area contributed by atoms with Crippen molar-refractivity contribution in [1.29, 1.82) is 0 Å². The van der Waals surface area contributed by atoms with Crippen molar-refractivity contribution in [2.45, 2.75) is 46.3 Å². The van der Waals surface area contributed by atoms with Crippen molar-refractivity contribution in [2.75, 3.05) is 26.2 Å². The molecule has 1 rings (SSSR count). The number of ether oxygens (including phenoxy) is 1. The Kier molecular flexibility index (Phi) is 5.39. The SMILES string of the molecule is CCN(CC(C)C(=O)O)C(=O)N1CC(C)OC(C)(C)C1. The third-order valence-corrected chi connectivity index (χ3v) is 3.41. The zero-order valence-electron chi connectivity index (χ0n) is 13.0. The summed E-state index contributed by atoms with van der Waals surface area (Å²) >= 11 is 0. The first kappa shape index (κ1) is 16.8. The van der Waals surface area contributed by atoms with E-state index >= 15 is 0 Å². The third kappa shape index (κ3) is 4.37. The van der Waals surface area contributed by atoms with Gasteiger partial charge in [-0.15, -0.1) is 0 Å². The lowest BCUT2D eigenvalue weighted by atomic mass is 10.1. The number of amides is 2. The predicted molar refractivity (Wildman–Crippen MR) is 75.6 cm³/mol. The highest BCUT2D eigenvalue weighted by Gasteiger charge is 2.35. The summed E-state index contributed by atoms with van der Waals surface area (Å²) in [6, 6.07) is -0.108. The van der Waals surface area contributed by atoms with Crippen molar-refractivity contribution in [1.82, 2.24) is 9.80 Å². The Balaban J connectivity index is 2.73. The van der Waals surface area contributed by atoms with E-state index in [2.05, 4.69) is 0 Å². The van der Waals surface area contributed by atoms with E-state index in [0.29, 0.717) is 19.6 Å². The minimum atomic E-state index is -0.882. The van der Waals surface area contributed by atoms with Gasteiger partial charge < -0.3 is 19.6 Å². The maximum atomic E-state index is 12.5. The largest absolute Gasteiger partial charge is 0.481 e. The molecule has 0 aromatic carbocycles. The summed E-state index contributed by atoms with van der Waals surface area (Å²) in [6.45, 7) is 11.1. The van der Waals surface area contributed by atoms with E-state index in [1.807, 2.05) is 27.7 Å². The topological polar surface area (TPSA) is 70.1 Å². The molecule has 1 aliphatic heterocycles. The number of carbonyl (C=O) groups excluding carboxylic acids is 1. The van der Waals surface area contributed by atoms with Crippen LogP contribution in [-0.2, 0) is 9.53 Å². The molecule has 0 radical (unpaired) electrons. The maximum absolute atomic E-state index is 12.5. The van der Waals surface area contributed by atoms with Crippen molar-refractivity contribution in [3.8, 4) is 0 Å². The molecular weight excluding hydrogens is 260 g/mol. The van der Waals surface area contributed by atoms with Crippen LogP contribution >= 0.6 is 0 Å². The number of hydrogen-bond acceptors (Lipinski definition) is 3. The number of carbonyl (C=O) groups is 2. The Morgan fingerprint density at radius 2 is 2.10 bits per heavy atom. The zero-order chi connectivity index (χ0) is 15.5. The Morgan fingerprint density at radius 1 is 1.50 bits per heavy atom. The molecule has 1 fully saturated rings. The second kappa shape index (κ2) is 6.43. The van der Waals surface area contributed by atoms with Crippen molar-refractivity contribution in [3.05, 3.63) is 0 Å². The fourth-order valence-electron chi connectivity index (χ4n) is 2.55. The van der Waals surface area contributed by atoms with Gasteiger partial charge in [-0.3, -0.25) is 4.79 Å². The zero-order valence-corrected chi connectivity index (χ0v) is 13.0. The van der Waals surface area contributed by atoms with E-state index in [9.17, 15) is 9.59 Å². The molecule has 0 bridgehead atoms. The second-order valence-electron chi connectivity index (χ2n) is 6.13. The highest BCUT2D eigenvalue weighted by Crippen LogP contribution is 2.22. The van der Waals surface area contributed by atoms with Crippen molar-refractivity contribution in [2.24, 2.45) is 5.92 Å². The molecular formula is C14H26N2O4. The van der Waals surface area contributed by atoms with E-state index in [0.717, 1.165) is 0 Å². The van der Waals surface area contributed by atoms with Gasteiger partial charge in [-0.05, 0) is 27.7 Å². The predicted octanol–water partition coefficient (Wildman–Crippen LogP) is 1.65. The van der Waals surface area contributed by atoms with Gasteiger partial charge in [0.15, 0.2) is 0 Å². The second-order valence-corrected chi connectivity index (χ2v) is 6.13. The molecule has 0 spiro atoms. The van der Waals surface area contributed by atoms with Crippen LogP contribution in [0.2, 0.25) is 0 Å². The van der Waals surface area contributed by atoms with Crippen LogP contribution in [-0.4, -0.2) is 64.8 Å². The molecule has 0 aromatic heterocycles. The van der Waals surface area contributed by atoms with E-state index in [-0.39, 0.29) is 24.3 Å². The summed E-state index contributed by atoms with van der Waals surface area (Å²) in [5, 5.41) is 8.97. The van der Waals surface area contributed by atoms with Gasteiger partial charge in [0.05, 0.1) is 24.2 Å². The van der Waals surface area contributed by atoms with Crippen molar-refractivity contribution < 1.29 is 19.4 Å². The lowest BCUT2D eigenvalue weighted by molar-refractivity contribution is -0.141. The number of rotatable bonds is 4. The summed E-state index contributed by atoms with van der Waals surface area (Å²) in [6.07, 6.45) is -0.0155. The molecule has 6 heteroatoms. The van der Waals surface area contributed by atoms with Gasteiger partial charge in [0, 0.05) is 19.6 Å². The quantitative estimate of drug-likeness (QED) is 0.853. The first-order chi connectivity index (χ1) is 9.16. The molecule has 1 aliphatic rings. The average molecular weight is 286 g/mol. The summed E-state index contributed by atoms with van der Waals surface area (Å²) in [5.74, 6) is -1.45. The molecule has 116 valence electrons. The summed E-state index contributed by atoms with van der Waals surface area (Å²) in [5.41, 5.74) is -0.370. The lowest BCUT2D eigenvalue weighted by Crippen LogP contribution is -2.57. The smallest absolute Gasteiger partial charge is 0.320 e. The molecule has 0 aromatic rings. The molecule has 2 unspecified atom stereocenters. The standard InChI is InChI=1S/C14H26N2O4/c1-6-15(7-10(2)12(17)18)13(19)16-8-11(3)20-14(4,5)9-16/h10-11H,6-9H2,1-5H3,(H,17,18). The van der Waals surface area contributed by atoms with Crippen LogP contribution in [0.3, 0.4) is 0 Å². The number of carboxylic acids is 1. The van der Waals surface area contributed by atoms with Crippen molar-refractivity contribution in [3.63, 3.8) is 0 Å². The molecule has 20 heavy (non-hydrogen) atoms. The van der Waals surface area contributed by atoms with E-state index in [1.165, 1.54) is 0 Å². The third-order valence-electron chi connectivity index (χ3n) is 3.41. The van der Waals surface area contributed by atoms with Gasteiger partial charge in [0.1, 0.15) is 0 Å². The van der Waals surface area contributed by atoms with Gasteiger partial charge in [0.25, 0.3) is 0 Å². The van der Waals surface area contributed by atoms with Crippen molar-refractivity contribution >= 4 is 12.0 Å². The fourth-order valence-corrected chi connectivity index (χ4v) is 2.55. The van der Waals surface area contributed by atoms with Crippen LogP contribution < -0.4 is 0 Å². The maximum Gasteiger partial charge on any atom is 0.320 e. The Labute approximate surface area is 120 Å². The molecule has 2 atom stereocenters. The summed E-state index contributed by atoms with van der Waals surface area (Å²) in [7, 11) is 0. The number of nitrogens with zero attached hydrogens (tertiary/aromatic N) is 2. The summed E-state index contributed by atoms with van der Waals surface area (Å²) < 4.78 is 5.78. The lowest BCUT2D eigenvalue weighted by Gasteiger charge is -2.43. The first-order valence-electron chi connectivity index (χ1n) is 7.10. The van der Waals surface area contributed by atoms with E-state index in [1.54, 1.807) is 16.7 Å². The monoisotopic (exact) mass is 286 g/mol. The number of morpholine rings is 1. The van der Waals surface area contributed by atoms with Gasteiger partial charge >= 0.3 is 12.0 Å². The molecule has 1 saturated heterocycles. The molecule has 0 saturated carbocycles. The number of urea groups is 1. The molecule has 6 nitrogen and oxygen atoms in total. The van der Waals surface area contributed by atoms with Crippen LogP contribution in [0.15, 0.2) is 0 Å². The van der Waals surface area contributed by atoms with Gasteiger partial charge in [-0.25, -0.2) is 4.79 Å². The van der Waals surface area contributed by atoms with Crippen LogP contribution in [0.1, 0.15) is 34.6 Å². The van der Waals surface area contributed by atoms with Crippen LogP contribution in [0.4, 0.5) is 4.79 Å².